The number of fused-ring (bicyclic) bond motifs is 1. The van der Waals surface area contributed by atoms with E-state index in [4.69, 9.17) is 9.47 Å². The molecule has 4 rings (SSSR count). The van der Waals surface area contributed by atoms with Crippen molar-refractivity contribution < 1.29 is 22.7 Å². The summed E-state index contributed by atoms with van der Waals surface area (Å²) in [5.74, 6) is 0.666. The van der Waals surface area contributed by atoms with E-state index in [1.54, 1.807) is 48.5 Å². The van der Waals surface area contributed by atoms with Gasteiger partial charge in [0.25, 0.3) is 15.9 Å². The summed E-state index contributed by atoms with van der Waals surface area (Å²) in [5, 5.41) is 2.78. The van der Waals surface area contributed by atoms with Crippen molar-refractivity contribution in [1.29, 1.82) is 0 Å². The number of nitrogens with zero attached hydrogens (tertiary/aromatic N) is 1. The van der Waals surface area contributed by atoms with Crippen LogP contribution in [0.25, 0.3) is 0 Å². The summed E-state index contributed by atoms with van der Waals surface area (Å²) < 4.78 is 39.5. The van der Waals surface area contributed by atoms with E-state index < -0.39 is 22.0 Å². The molecule has 3 aromatic rings. The number of rotatable bonds is 7. The van der Waals surface area contributed by atoms with E-state index >= 15 is 0 Å². The average molecular weight is 467 g/mol. The number of nitrogens with one attached hydrogen (secondary N) is 1. The zero-order valence-corrected chi connectivity index (χ0v) is 19.3. The van der Waals surface area contributed by atoms with E-state index in [-0.39, 0.29) is 24.6 Å². The molecule has 0 bridgehead atoms. The predicted molar refractivity (Wildman–Crippen MR) is 126 cm³/mol. The standard InChI is InChI=1S/C25H26N2O5S/c1-18-10-12-21(13-11-18)33(29,30)27-17-24(32-23-9-4-3-8-22(23)27)25(28)26-14-15-31-20-7-5-6-19(2)16-20/h3-13,16,24H,14-15,17H2,1-2H3,(H,26,28). The third kappa shape index (κ3) is 5.12. The molecule has 7 nitrogen and oxygen atoms in total. The Morgan fingerprint density at radius 2 is 1.79 bits per heavy atom. The van der Waals surface area contributed by atoms with E-state index in [9.17, 15) is 13.2 Å². The normalized spacial score (nSPS) is 15.3. The highest BCUT2D eigenvalue weighted by molar-refractivity contribution is 7.92. The van der Waals surface area contributed by atoms with E-state index in [1.807, 2.05) is 38.1 Å². The maximum atomic E-state index is 13.4. The third-order valence-electron chi connectivity index (χ3n) is 5.30. The topological polar surface area (TPSA) is 84.9 Å². The van der Waals surface area contributed by atoms with Crippen LogP contribution < -0.4 is 19.1 Å². The molecule has 8 heteroatoms. The van der Waals surface area contributed by atoms with Gasteiger partial charge in [0.05, 0.1) is 23.7 Å². The van der Waals surface area contributed by atoms with Crippen molar-refractivity contribution >= 4 is 21.6 Å². The highest BCUT2D eigenvalue weighted by Gasteiger charge is 2.37. The van der Waals surface area contributed by atoms with Gasteiger partial charge in [-0.3, -0.25) is 9.10 Å². The van der Waals surface area contributed by atoms with Crippen molar-refractivity contribution in [3.8, 4) is 11.5 Å². The number of hydrogen-bond acceptors (Lipinski definition) is 5. The number of benzene rings is 3. The first-order valence-electron chi connectivity index (χ1n) is 10.7. The third-order valence-corrected chi connectivity index (χ3v) is 7.09. The first-order chi connectivity index (χ1) is 15.8. The van der Waals surface area contributed by atoms with Gasteiger partial charge in [0.15, 0.2) is 6.10 Å². The fraction of sp³-hybridized carbons (Fsp3) is 0.240. The number of amides is 1. The molecule has 0 spiro atoms. The fourth-order valence-corrected chi connectivity index (χ4v) is 5.04. The summed E-state index contributed by atoms with van der Waals surface area (Å²) in [7, 11) is -3.88. The molecule has 0 aliphatic carbocycles. The van der Waals surface area contributed by atoms with Crippen LogP contribution in [0.15, 0.2) is 77.7 Å². The minimum absolute atomic E-state index is 0.127. The van der Waals surface area contributed by atoms with Gasteiger partial charge in [0.1, 0.15) is 18.1 Å². The van der Waals surface area contributed by atoms with Gasteiger partial charge in [-0.1, -0.05) is 42.0 Å². The lowest BCUT2D eigenvalue weighted by Crippen LogP contribution is -2.51. The molecular formula is C25H26N2O5S. The zero-order valence-electron chi connectivity index (χ0n) is 18.5. The molecule has 0 saturated heterocycles. The molecule has 1 aliphatic heterocycles. The van der Waals surface area contributed by atoms with Crippen LogP contribution in [0.2, 0.25) is 0 Å². The predicted octanol–water partition coefficient (Wildman–Crippen LogP) is 3.45. The first kappa shape index (κ1) is 22.7. The molecule has 3 aromatic carbocycles. The molecule has 1 amide bonds. The number of sulfonamides is 1. The molecular weight excluding hydrogens is 440 g/mol. The van der Waals surface area contributed by atoms with Gasteiger partial charge in [-0.2, -0.15) is 0 Å². The lowest BCUT2D eigenvalue weighted by atomic mass is 10.2. The number of carbonyl (C=O) groups excluding carboxylic acids is 1. The van der Waals surface area contributed by atoms with Crippen LogP contribution in [0.4, 0.5) is 5.69 Å². The number of para-hydroxylation sites is 2. The molecule has 0 fully saturated rings. The Morgan fingerprint density at radius 3 is 2.55 bits per heavy atom. The second-order valence-corrected chi connectivity index (χ2v) is 9.74. The highest BCUT2D eigenvalue weighted by Crippen LogP contribution is 2.36. The lowest BCUT2D eigenvalue weighted by Gasteiger charge is -2.34. The van der Waals surface area contributed by atoms with Crippen LogP contribution in [0, 0.1) is 13.8 Å². The molecule has 172 valence electrons. The van der Waals surface area contributed by atoms with E-state index in [0.717, 1.165) is 16.9 Å². The maximum absolute atomic E-state index is 13.4. The molecule has 1 unspecified atom stereocenters. The largest absolute Gasteiger partial charge is 0.492 e. The number of carbonyl (C=O) groups is 1. The number of ether oxygens (including phenoxy) is 2. The van der Waals surface area contributed by atoms with Gasteiger partial charge in [0.2, 0.25) is 0 Å². The Morgan fingerprint density at radius 1 is 1.03 bits per heavy atom. The van der Waals surface area contributed by atoms with Crippen molar-refractivity contribution in [3.63, 3.8) is 0 Å². The van der Waals surface area contributed by atoms with Gasteiger partial charge >= 0.3 is 0 Å². The molecule has 1 N–H and O–H groups in total. The quantitative estimate of drug-likeness (QED) is 0.539. The molecule has 1 atom stereocenters. The lowest BCUT2D eigenvalue weighted by molar-refractivity contribution is -0.127. The molecule has 1 aliphatic rings. The van der Waals surface area contributed by atoms with Crippen molar-refractivity contribution in [1.82, 2.24) is 5.32 Å². The van der Waals surface area contributed by atoms with E-state index in [0.29, 0.717) is 11.4 Å². The van der Waals surface area contributed by atoms with Gasteiger partial charge in [0, 0.05) is 0 Å². The van der Waals surface area contributed by atoms with Crippen molar-refractivity contribution in [3.05, 3.63) is 83.9 Å². The van der Waals surface area contributed by atoms with Crippen molar-refractivity contribution in [2.24, 2.45) is 0 Å². The zero-order chi connectivity index (χ0) is 23.4. The van der Waals surface area contributed by atoms with Crippen molar-refractivity contribution in [2.75, 3.05) is 24.0 Å². The minimum Gasteiger partial charge on any atom is -0.492 e. The SMILES string of the molecule is Cc1ccc(S(=O)(=O)N2CC(C(=O)NCCOc3cccc(C)c3)Oc3ccccc32)cc1. The Kier molecular flexibility index (Phi) is 6.55. The summed E-state index contributed by atoms with van der Waals surface area (Å²) in [6.45, 7) is 4.29. The Hall–Kier alpha value is -3.52. The van der Waals surface area contributed by atoms with Crippen LogP contribution in [0.3, 0.4) is 0 Å². The van der Waals surface area contributed by atoms with Gasteiger partial charge < -0.3 is 14.8 Å². The Balaban J connectivity index is 1.46. The first-order valence-corrected chi connectivity index (χ1v) is 12.1. The van der Waals surface area contributed by atoms with Crippen LogP contribution in [0.5, 0.6) is 11.5 Å². The fourth-order valence-electron chi connectivity index (χ4n) is 3.57. The van der Waals surface area contributed by atoms with Gasteiger partial charge in [-0.25, -0.2) is 8.42 Å². The molecule has 0 aromatic heterocycles. The Bertz CT molecular complexity index is 1240. The summed E-state index contributed by atoms with van der Waals surface area (Å²) in [4.78, 5) is 13.0. The smallest absolute Gasteiger partial charge is 0.264 e. The number of aryl methyl sites for hydroxylation is 2. The van der Waals surface area contributed by atoms with Gasteiger partial charge in [-0.15, -0.1) is 0 Å². The minimum atomic E-state index is -3.88. The Labute approximate surface area is 194 Å². The summed E-state index contributed by atoms with van der Waals surface area (Å²) in [6.07, 6.45) is -0.987. The van der Waals surface area contributed by atoms with Gasteiger partial charge in [-0.05, 0) is 55.8 Å². The summed E-state index contributed by atoms with van der Waals surface area (Å²) in [5.41, 5.74) is 2.45. The maximum Gasteiger partial charge on any atom is 0.264 e. The summed E-state index contributed by atoms with van der Waals surface area (Å²) in [6, 6.07) is 21.1. The van der Waals surface area contributed by atoms with E-state index in [1.165, 1.54) is 4.31 Å². The van der Waals surface area contributed by atoms with E-state index in [2.05, 4.69) is 5.32 Å². The van der Waals surface area contributed by atoms with Crippen LogP contribution in [0.1, 0.15) is 11.1 Å². The summed E-state index contributed by atoms with van der Waals surface area (Å²) >= 11 is 0. The second kappa shape index (κ2) is 9.54. The highest BCUT2D eigenvalue weighted by atomic mass is 32.2. The molecule has 33 heavy (non-hydrogen) atoms. The molecule has 0 radical (unpaired) electrons. The second-order valence-electron chi connectivity index (χ2n) is 7.88. The monoisotopic (exact) mass is 466 g/mol. The molecule has 1 heterocycles. The average Bonchev–Trinajstić information content (AvgIpc) is 2.81. The van der Waals surface area contributed by atoms with Crippen molar-refractivity contribution in [2.45, 2.75) is 24.8 Å². The number of anilines is 1. The number of hydrogen-bond donors (Lipinski definition) is 1. The van der Waals surface area contributed by atoms with Crippen LogP contribution in [-0.4, -0.2) is 40.1 Å². The molecule has 0 saturated carbocycles. The van der Waals surface area contributed by atoms with Crippen LogP contribution >= 0.6 is 0 Å². The van der Waals surface area contributed by atoms with Crippen LogP contribution in [-0.2, 0) is 14.8 Å².